The molecule has 66 valence electrons. The molecule has 0 bridgehead atoms. The molecule has 1 heterocycles. The van der Waals surface area contributed by atoms with Gasteiger partial charge in [-0.05, 0) is 24.5 Å². The summed E-state index contributed by atoms with van der Waals surface area (Å²) in [6.45, 7) is 0. The van der Waals surface area contributed by atoms with Crippen molar-refractivity contribution in [2.75, 3.05) is 5.32 Å². The van der Waals surface area contributed by atoms with E-state index >= 15 is 0 Å². The highest BCUT2D eigenvalue weighted by atomic mass is 32.1. The Kier molecular flexibility index (Phi) is 1.34. The van der Waals surface area contributed by atoms with Crippen LogP contribution in [0.15, 0.2) is 24.3 Å². The summed E-state index contributed by atoms with van der Waals surface area (Å²) in [5, 5.41) is 3.32. The van der Waals surface area contributed by atoms with E-state index in [-0.39, 0.29) is 5.41 Å². The Bertz CT molecular complexity index is 379. The molecular weight excluding hydrogens is 178 g/mol. The number of nitrogens with one attached hydrogen (secondary N) is 1. The lowest BCUT2D eigenvalue weighted by atomic mass is 9.66. The minimum Gasteiger partial charge on any atom is -0.349 e. The molecule has 1 aromatic rings. The molecule has 1 saturated carbocycles. The molecule has 2 aliphatic rings. The van der Waals surface area contributed by atoms with Crippen LogP contribution in [0.3, 0.4) is 0 Å². The molecule has 13 heavy (non-hydrogen) atoms. The Morgan fingerprint density at radius 3 is 2.69 bits per heavy atom. The van der Waals surface area contributed by atoms with Gasteiger partial charge in [0, 0.05) is 11.1 Å². The van der Waals surface area contributed by atoms with Crippen molar-refractivity contribution in [1.82, 2.24) is 0 Å². The largest absolute Gasteiger partial charge is 0.349 e. The molecule has 1 aliphatic carbocycles. The number of thiocarbonyl (C=S) groups is 1. The highest BCUT2D eigenvalue weighted by Gasteiger charge is 2.47. The minimum absolute atomic E-state index is 0.228. The first kappa shape index (κ1) is 7.51. The predicted molar refractivity (Wildman–Crippen MR) is 58.2 cm³/mol. The molecule has 0 unspecified atom stereocenters. The van der Waals surface area contributed by atoms with Crippen LogP contribution in [0.4, 0.5) is 5.69 Å². The van der Waals surface area contributed by atoms with Gasteiger partial charge in [0.25, 0.3) is 0 Å². The summed E-state index contributed by atoms with van der Waals surface area (Å²) in [6, 6.07) is 8.50. The van der Waals surface area contributed by atoms with Crippen LogP contribution < -0.4 is 5.32 Å². The number of hydrogen-bond acceptors (Lipinski definition) is 1. The number of rotatable bonds is 0. The van der Waals surface area contributed by atoms with E-state index < -0.39 is 0 Å². The summed E-state index contributed by atoms with van der Waals surface area (Å²) in [5.74, 6) is 0. The summed E-state index contributed by atoms with van der Waals surface area (Å²) in [6.07, 6.45) is 3.78. The van der Waals surface area contributed by atoms with Crippen LogP contribution in [0.25, 0.3) is 0 Å². The molecule has 1 aliphatic heterocycles. The first-order valence-electron chi connectivity index (χ1n) is 4.74. The van der Waals surface area contributed by atoms with Crippen molar-refractivity contribution in [2.45, 2.75) is 24.7 Å². The third-order valence-corrected chi connectivity index (χ3v) is 3.83. The Hall–Kier alpha value is -0.890. The molecule has 0 atom stereocenters. The second-order valence-electron chi connectivity index (χ2n) is 3.94. The molecular formula is C11H11NS. The SMILES string of the molecule is S=C1Nc2ccccc2C12CCC2. The van der Waals surface area contributed by atoms with Crippen molar-refractivity contribution in [3.63, 3.8) is 0 Å². The fourth-order valence-electron chi connectivity index (χ4n) is 2.40. The third-order valence-electron chi connectivity index (χ3n) is 3.33. The molecule has 0 radical (unpaired) electrons. The maximum absolute atomic E-state index is 5.40. The number of anilines is 1. The van der Waals surface area contributed by atoms with E-state index in [2.05, 4.69) is 29.6 Å². The second kappa shape index (κ2) is 2.32. The van der Waals surface area contributed by atoms with Gasteiger partial charge in [-0.2, -0.15) is 0 Å². The van der Waals surface area contributed by atoms with Crippen molar-refractivity contribution in [3.8, 4) is 0 Å². The van der Waals surface area contributed by atoms with Crippen molar-refractivity contribution < 1.29 is 0 Å². The van der Waals surface area contributed by atoms with E-state index in [0.29, 0.717) is 0 Å². The van der Waals surface area contributed by atoms with Gasteiger partial charge in [0.1, 0.15) is 0 Å². The zero-order valence-corrected chi connectivity index (χ0v) is 8.16. The van der Waals surface area contributed by atoms with Gasteiger partial charge in [0.05, 0.1) is 4.99 Å². The molecule has 1 N–H and O–H groups in total. The number of hydrogen-bond donors (Lipinski definition) is 1. The number of fused-ring (bicyclic) bond motifs is 2. The molecule has 1 nitrogen and oxygen atoms in total. The quantitative estimate of drug-likeness (QED) is 0.630. The molecule has 0 amide bonds. The zero-order valence-electron chi connectivity index (χ0n) is 7.34. The summed E-state index contributed by atoms with van der Waals surface area (Å²) in [4.78, 5) is 1.04. The first-order chi connectivity index (χ1) is 6.33. The highest BCUT2D eigenvalue weighted by Crippen LogP contribution is 2.51. The van der Waals surface area contributed by atoms with E-state index in [1.54, 1.807) is 0 Å². The van der Waals surface area contributed by atoms with Crippen LogP contribution in [-0.2, 0) is 5.41 Å². The van der Waals surface area contributed by atoms with Gasteiger partial charge in [-0.25, -0.2) is 0 Å². The molecule has 1 spiro atoms. The van der Waals surface area contributed by atoms with Gasteiger partial charge in [-0.3, -0.25) is 0 Å². The summed E-state index contributed by atoms with van der Waals surface area (Å²) in [7, 11) is 0. The molecule has 2 heteroatoms. The Balaban J connectivity index is 2.20. The fourth-order valence-corrected chi connectivity index (χ4v) is 2.82. The van der Waals surface area contributed by atoms with Crippen molar-refractivity contribution >= 4 is 22.9 Å². The Morgan fingerprint density at radius 2 is 2.00 bits per heavy atom. The number of para-hydroxylation sites is 1. The standard InChI is InChI=1S/C11H11NS/c13-10-11(6-3-7-11)8-4-1-2-5-9(8)12-10/h1-2,4-5H,3,6-7H2,(H,12,13). The van der Waals surface area contributed by atoms with Crippen molar-refractivity contribution in [3.05, 3.63) is 29.8 Å². The topological polar surface area (TPSA) is 12.0 Å². The van der Waals surface area contributed by atoms with Gasteiger partial charge in [0.15, 0.2) is 0 Å². The average molecular weight is 189 g/mol. The predicted octanol–water partition coefficient (Wildman–Crippen LogP) is 2.86. The minimum atomic E-state index is 0.228. The Morgan fingerprint density at radius 1 is 1.23 bits per heavy atom. The highest BCUT2D eigenvalue weighted by molar-refractivity contribution is 7.80. The maximum Gasteiger partial charge on any atom is 0.0905 e. The van der Waals surface area contributed by atoms with Crippen molar-refractivity contribution in [1.29, 1.82) is 0 Å². The lowest BCUT2D eigenvalue weighted by Crippen LogP contribution is -2.39. The van der Waals surface area contributed by atoms with Crippen LogP contribution in [0, 0.1) is 0 Å². The third kappa shape index (κ3) is 0.792. The molecule has 0 saturated heterocycles. The van der Waals surface area contributed by atoms with Gasteiger partial charge in [-0.1, -0.05) is 36.8 Å². The molecule has 1 fully saturated rings. The normalized spacial score (nSPS) is 22.3. The van der Waals surface area contributed by atoms with E-state index in [4.69, 9.17) is 12.2 Å². The lowest BCUT2D eigenvalue weighted by Gasteiger charge is -2.38. The molecule has 3 rings (SSSR count). The van der Waals surface area contributed by atoms with Crippen LogP contribution >= 0.6 is 12.2 Å². The van der Waals surface area contributed by atoms with Crippen LogP contribution in [-0.4, -0.2) is 4.99 Å². The fraction of sp³-hybridized carbons (Fsp3) is 0.364. The first-order valence-corrected chi connectivity index (χ1v) is 5.15. The van der Waals surface area contributed by atoms with E-state index in [9.17, 15) is 0 Å². The summed E-state index contributed by atoms with van der Waals surface area (Å²) < 4.78 is 0. The van der Waals surface area contributed by atoms with Gasteiger partial charge < -0.3 is 5.32 Å². The van der Waals surface area contributed by atoms with E-state index in [1.807, 2.05) is 0 Å². The van der Waals surface area contributed by atoms with Gasteiger partial charge >= 0.3 is 0 Å². The summed E-state index contributed by atoms with van der Waals surface area (Å²) >= 11 is 5.40. The molecule has 1 aromatic carbocycles. The molecule has 0 aromatic heterocycles. The van der Waals surface area contributed by atoms with Gasteiger partial charge in [-0.15, -0.1) is 0 Å². The van der Waals surface area contributed by atoms with E-state index in [0.717, 1.165) is 4.99 Å². The summed E-state index contributed by atoms with van der Waals surface area (Å²) in [5.41, 5.74) is 2.88. The Labute approximate surface area is 83.2 Å². The van der Waals surface area contributed by atoms with E-state index in [1.165, 1.54) is 30.5 Å². The van der Waals surface area contributed by atoms with Crippen LogP contribution in [0.1, 0.15) is 24.8 Å². The lowest BCUT2D eigenvalue weighted by molar-refractivity contribution is 0.351. The average Bonchev–Trinajstić information content (AvgIpc) is 2.35. The maximum atomic E-state index is 5.40. The number of benzene rings is 1. The smallest absolute Gasteiger partial charge is 0.0905 e. The second-order valence-corrected chi connectivity index (χ2v) is 4.34. The van der Waals surface area contributed by atoms with Crippen molar-refractivity contribution in [2.24, 2.45) is 0 Å². The zero-order chi connectivity index (χ0) is 8.89. The van der Waals surface area contributed by atoms with Gasteiger partial charge in [0.2, 0.25) is 0 Å². The monoisotopic (exact) mass is 189 g/mol. The van der Waals surface area contributed by atoms with Crippen LogP contribution in [0.5, 0.6) is 0 Å². The van der Waals surface area contributed by atoms with Crippen LogP contribution in [0.2, 0.25) is 0 Å².